The molecule has 0 radical (unpaired) electrons. The van der Waals surface area contributed by atoms with Crippen molar-refractivity contribution in [3.63, 3.8) is 0 Å². The van der Waals surface area contributed by atoms with Crippen LogP contribution in [0, 0.1) is 11.8 Å². The summed E-state index contributed by atoms with van der Waals surface area (Å²) >= 11 is 0. The molecule has 20 heavy (non-hydrogen) atoms. The number of hydrogen-bond donors (Lipinski definition) is 2. The minimum Gasteiger partial charge on any atom is -0.341 e. The molecule has 118 valence electrons. The zero-order valence-electron chi connectivity index (χ0n) is 12.6. The third kappa shape index (κ3) is 5.38. The largest absolute Gasteiger partial charge is 0.341 e. The smallest absolute Gasteiger partial charge is 0.239 e. The Bertz CT molecular complexity index is 425. The highest BCUT2D eigenvalue weighted by Gasteiger charge is 2.29. The first-order chi connectivity index (χ1) is 9.24. The Labute approximate surface area is 122 Å². The molecule has 0 aromatic rings. The summed E-state index contributed by atoms with van der Waals surface area (Å²) in [5, 5.41) is 0. The number of rotatable bonds is 6. The molecular weight excluding hydrogens is 278 g/mol. The molecular formula is C13H27N3O3S. The van der Waals surface area contributed by atoms with Crippen LogP contribution in [-0.2, 0) is 14.8 Å². The van der Waals surface area contributed by atoms with Gasteiger partial charge in [0.05, 0.1) is 12.3 Å². The van der Waals surface area contributed by atoms with Crippen molar-refractivity contribution in [1.82, 2.24) is 9.62 Å². The van der Waals surface area contributed by atoms with Crippen LogP contribution < -0.4 is 10.5 Å². The van der Waals surface area contributed by atoms with E-state index in [0.29, 0.717) is 13.1 Å². The molecule has 2 unspecified atom stereocenters. The van der Waals surface area contributed by atoms with E-state index in [0.717, 1.165) is 32.1 Å². The average molecular weight is 305 g/mol. The first-order valence-corrected chi connectivity index (χ1v) is 9.12. The molecule has 1 heterocycles. The Kier molecular flexibility index (Phi) is 6.42. The summed E-state index contributed by atoms with van der Waals surface area (Å²) in [7, 11) is -3.17. The molecule has 0 aliphatic carbocycles. The van der Waals surface area contributed by atoms with Crippen LogP contribution in [-0.4, -0.2) is 51.2 Å². The van der Waals surface area contributed by atoms with Gasteiger partial charge in [0, 0.05) is 19.6 Å². The van der Waals surface area contributed by atoms with Gasteiger partial charge in [0.1, 0.15) is 0 Å². The lowest BCUT2D eigenvalue weighted by molar-refractivity contribution is -0.135. The number of likely N-dealkylation sites (tertiary alicyclic amines) is 1. The zero-order chi connectivity index (χ0) is 15.3. The van der Waals surface area contributed by atoms with Crippen molar-refractivity contribution >= 4 is 15.9 Å². The van der Waals surface area contributed by atoms with Crippen LogP contribution in [0.15, 0.2) is 0 Å². The van der Waals surface area contributed by atoms with Crippen LogP contribution >= 0.6 is 0 Å². The molecule has 0 aromatic carbocycles. The van der Waals surface area contributed by atoms with E-state index < -0.39 is 16.1 Å². The van der Waals surface area contributed by atoms with E-state index in [9.17, 15) is 13.2 Å². The number of nitrogens with one attached hydrogen (secondary N) is 1. The van der Waals surface area contributed by atoms with Gasteiger partial charge in [0.2, 0.25) is 15.9 Å². The van der Waals surface area contributed by atoms with Crippen molar-refractivity contribution < 1.29 is 13.2 Å². The predicted octanol–water partition coefficient (Wildman–Crippen LogP) is 0.148. The number of nitrogens with zero attached hydrogens (tertiary/aromatic N) is 1. The van der Waals surface area contributed by atoms with Crippen LogP contribution in [0.3, 0.4) is 0 Å². The molecule has 1 aliphatic rings. The summed E-state index contributed by atoms with van der Waals surface area (Å²) in [6, 6.07) is -0.457. The lowest BCUT2D eigenvalue weighted by atomic mass is 9.94. The maximum Gasteiger partial charge on any atom is 0.239 e. The molecule has 1 fully saturated rings. The fourth-order valence-corrected chi connectivity index (χ4v) is 2.95. The van der Waals surface area contributed by atoms with Gasteiger partial charge >= 0.3 is 0 Å². The third-order valence-corrected chi connectivity index (χ3v) is 4.70. The molecule has 3 N–H and O–H groups in total. The normalized spacial score (nSPS) is 23.4. The number of hydrogen-bond acceptors (Lipinski definition) is 4. The molecule has 1 amide bonds. The highest BCUT2D eigenvalue weighted by atomic mass is 32.2. The molecule has 3 atom stereocenters. The SMILES string of the molecule is CCC(C)[C@H](N)C(=O)N1CCCC(CNS(C)(=O)=O)C1. The maximum absolute atomic E-state index is 12.3. The van der Waals surface area contributed by atoms with E-state index in [-0.39, 0.29) is 17.7 Å². The lowest BCUT2D eigenvalue weighted by Crippen LogP contribution is -2.51. The summed E-state index contributed by atoms with van der Waals surface area (Å²) in [6.45, 7) is 5.70. The fraction of sp³-hybridized carbons (Fsp3) is 0.923. The highest BCUT2D eigenvalue weighted by Crippen LogP contribution is 2.18. The molecule has 1 aliphatic heterocycles. The molecule has 6 nitrogen and oxygen atoms in total. The minimum atomic E-state index is -3.17. The summed E-state index contributed by atoms with van der Waals surface area (Å²) in [4.78, 5) is 14.1. The van der Waals surface area contributed by atoms with E-state index in [1.807, 2.05) is 13.8 Å². The third-order valence-electron chi connectivity index (χ3n) is 4.01. The topological polar surface area (TPSA) is 92.5 Å². The zero-order valence-corrected chi connectivity index (χ0v) is 13.4. The molecule has 7 heteroatoms. The Morgan fingerprint density at radius 2 is 2.15 bits per heavy atom. The van der Waals surface area contributed by atoms with Crippen molar-refractivity contribution in [2.24, 2.45) is 17.6 Å². The quantitative estimate of drug-likeness (QED) is 0.730. The van der Waals surface area contributed by atoms with Crippen LogP contribution in [0.1, 0.15) is 33.1 Å². The second kappa shape index (κ2) is 7.38. The lowest BCUT2D eigenvalue weighted by Gasteiger charge is -2.35. The maximum atomic E-state index is 12.3. The van der Waals surface area contributed by atoms with Gasteiger partial charge in [-0.15, -0.1) is 0 Å². The number of carbonyl (C=O) groups is 1. The number of sulfonamides is 1. The van der Waals surface area contributed by atoms with Crippen molar-refractivity contribution in [1.29, 1.82) is 0 Å². The number of piperidine rings is 1. The predicted molar refractivity (Wildman–Crippen MR) is 79.6 cm³/mol. The second-order valence-electron chi connectivity index (χ2n) is 5.82. The van der Waals surface area contributed by atoms with Gasteiger partial charge in [0.15, 0.2) is 0 Å². The average Bonchev–Trinajstić information content (AvgIpc) is 2.42. The van der Waals surface area contributed by atoms with Crippen molar-refractivity contribution in [2.75, 3.05) is 25.9 Å². The molecule has 0 bridgehead atoms. The fourth-order valence-electron chi connectivity index (χ4n) is 2.41. The van der Waals surface area contributed by atoms with E-state index in [1.54, 1.807) is 4.90 Å². The van der Waals surface area contributed by atoms with E-state index >= 15 is 0 Å². The van der Waals surface area contributed by atoms with Crippen LogP contribution in [0.25, 0.3) is 0 Å². The first kappa shape index (κ1) is 17.4. The Balaban J connectivity index is 2.54. The molecule has 1 saturated heterocycles. The molecule has 0 aromatic heterocycles. The Morgan fingerprint density at radius 3 is 2.70 bits per heavy atom. The minimum absolute atomic E-state index is 0.0107. The van der Waals surface area contributed by atoms with Crippen molar-refractivity contribution in [3.8, 4) is 0 Å². The van der Waals surface area contributed by atoms with Crippen LogP contribution in [0.5, 0.6) is 0 Å². The summed E-state index contributed by atoms with van der Waals surface area (Å²) in [5.41, 5.74) is 5.99. The number of nitrogens with two attached hydrogens (primary N) is 1. The monoisotopic (exact) mass is 305 g/mol. The van der Waals surface area contributed by atoms with Crippen LogP contribution in [0.4, 0.5) is 0 Å². The van der Waals surface area contributed by atoms with Gasteiger partial charge in [-0.1, -0.05) is 20.3 Å². The highest BCUT2D eigenvalue weighted by molar-refractivity contribution is 7.88. The summed E-state index contributed by atoms with van der Waals surface area (Å²) in [6.07, 6.45) is 3.86. The van der Waals surface area contributed by atoms with Gasteiger partial charge < -0.3 is 10.6 Å². The molecule has 0 saturated carbocycles. The first-order valence-electron chi connectivity index (χ1n) is 7.23. The Hall–Kier alpha value is -0.660. The second-order valence-corrected chi connectivity index (χ2v) is 7.66. The van der Waals surface area contributed by atoms with Crippen LogP contribution in [0.2, 0.25) is 0 Å². The van der Waals surface area contributed by atoms with Gasteiger partial charge in [-0.05, 0) is 24.7 Å². The van der Waals surface area contributed by atoms with Gasteiger partial charge in [-0.3, -0.25) is 4.79 Å². The van der Waals surface area contributed by atoms with E-state index in [2.05, 4.69) is 4.72 Å². The Morgan fingerprint density at radius 1 is 1.50 bits per heavy atom. The number of carbonyl (C=O) groups excluding carboxylic acids is 1. The van der Waals surface area contributed by atoms with Crippen molar-refractivity contribution in [2.45, 2.75) is 39.2 Å². The molecule has 0 spiro atoms. The standard InChI is InChI=1S/C13H27N3O3S/c1-4-10(2)12(14)13(17)16-7-5-6-11(9-16)8-15-20(3,18)19/h10-12,15H,4-9,14H2,1-3H3/t10?,11?,12-/m0/s1. The van der Waals surface area contributed by atoms with Crippen molar-refractivity contribution in [3.05, 3.63) is 0 Å². The summed E-state index contributed by atoms with van der Waals surface area (Å²) in [5.74, 6) is 0.326. The number of amides is 1. The van der Waals surface area contributed by atoms with Gasteiger partial charge in [-0.25, -0.2) is 13.1 Å². The van der Waals surface area contributed by atoms with E-state index in [1.165, 1.54) is 0 Å². The van der Waals surface area contributed by atoms with Gasteiger partial charge in [-0.2, -0.15) is 0 Å². The summed E-state index contributed by atoms with van der Waals surface area (Å²) < 4.78 is 24.7. The van der Waals surface area contributed by atoms with Gasteiger partial charge in [0.25, 0.3) is 0 Å². The van der Waals surface area contributed by atoms with E-state index in [4.69, 9.17) is 5.73 Å². The molecule has 1 rings (SSSR count).